The molecule has 0 fully saturated rings. The molecule has 10 nitrogen and oxygen atoms in total. The number of hydrogen-bond donors (Lipinski definition) is 2. The van der Waals surface area contributed by atoms with Gasteiger partial charge in [0.15, 0.2) is 0 Å². The minimum absolute atomic E-state index is 0.0332. The SMILES string of the molecule is CCOC(=O)C(Cc1c[nH]c2cccc([N+](=O)[O-])c12)(NC=O)C(=O)OCC. The van der Waals surface area contributed by atoms with Crippen LogP contribution in [0.5, 0.6) is 0 Å². The number of carbonyl (C=O) groups excluding carboxylic acids is 3. The highest BCUT2D eigenvalue weighted by molar-refractivity contribution is 6.07. The van der Waals surface area contributed by atoms with Gasteiger partial charge >= 0.3 is 11.9 Å². The minimum atomic E-state index is -2.16. The molecule has 0 spiro atoms. The Balaban J connectivity index is 2.63. The molecule has 0 aliphatic carbocycles. The second-order valence-corrected chi connectivity index (χ2v) is 5.56. The van der Waals surface area contributed by atoms with E-state index in [0.29, 0.717) is 5.52 Å². The predicted octanol–water partition coefficient (Wildman–Crippen LogP) is 1.23. The highest BCUT2D eigenvalue weighted by Gasteiger charge is 2.49. The van der Waals surface area contributed by atoms with E-state index in [1.54, 1.807) is 19.9 Å². The first-order chi connectivity index (χ1) is 12.9. The number of esters is 2. The summed E-state index contributed by atoms with van der Waals surface area (Å²) >= 11 is 0. The largest absolute Gasteiger partial charge is 0.464 e. The average Bonchev–Trinajstić information content (AvgIpc) is 3.04. The van der Waals surface area contributed by atoms with Gasteiger partial charge in [-0.15, -0.1) is 0 Å². The van der Waals surface area contributed by atoms with Crippen molar-refractivity contribution in [2.24, 2.45) is 0 Å². The Bertz CT molecular complexity index is 857. The van der Waals surface area contributed by atoms with Crippen molar-refractivity contribution in [2.75, 3.05) is 13.2 Å². The van der Waals surface area contributed by atoms with Gasteiger partial charge in [0.1, 0.15) is 0 Å². The Hall–Kier alpha value is -3.43. The normalized spacial score (nSPS) is 11.0. The summed E-state index contributed by atoms with van der Waals surface area (Å²) in [5.41, 5.74) is -1.62. The van der Waals surface area contributed by atoms with Crippen LogP contribution >= 0.6 is 0 Å². The maximum atomic E-state index is 12.6. The van der Waals surface area contributed by atoms with E-state index in [1.165, 1.54) is 18.3 Å². The van der Waals surface area contributed by atoms with E-state index >= 15 is 0 Å². The molecule has 0 aliphatic rings. The second-order valence-electron chi connectivity index (χ2n) is 5.56. The Morgan fingerprint density at radius 1 is 1.26 bits per heavy atom. The van der Waals surface area contributed by atoms with Crippen LogP contribution in [0.4, 0.5) is 5.69 Å². The summed E-state index contributed by atoms with van der Waals surface area (Å²) in [5.74, 6) is -2.02. The van der Waals surface area contributed by atoms with Crippen LogP contribution in [-0.4, -0.2) is 47.0 Å². The van der Waals surface area contributed by atoms with Crippen molar-refractivity contribution < 1.29 is 28.8 Å². The van der Waals surface area contributed by atoms with Crippen LogP contribution in [0.1, 0.15) is 19.4 Å². The molecule has 10 heteroatoms. The van der Waals surface area contributed by atoms with Crippen molar-refractivity contribution >= 4 is 34.9 Å². The molecule has 1 heterocycles. The lowest BCUT2D eigenvalue weighted by molar-refractivity contribution is -0.383. The third-order valence-electron chi connectivity index (χ3n) is 3.97. The molecule has 0 saturated carbocycles. The fourth-order valence-corrected chi connectivity index (χ4v) is 2.82. The molecule has 1 amide bonds. The Labute approximate surface area is 154 Å². The Morgan fingerprint density at radius 2 is 1.89 bits per heavy atom. The lowest BCUT2D eigenvalue weighted by Crippen LogP contribution is -2.60. The number of nitro benzene ring substituents is 1. The van der Waals surface area contributed by atoms with Crippen LogP contribution < -0.4 is 5.32 Å². The number of benzene rings is 1. The van der Waals surface area contributed by atoms with Gasteiger partial charge in [-0.3, -0.25) is 14.9 Å². The van der Waals surface area contributed by atoms with Crippen molar-refractivity contribution in [3.63, 3.8) is 0 Å². The molecule has 0 atom stereocenters. The zero-order valence-corrected chi connectivity index (χ0v) is 14.8. The highest BCUT2D eigenvalue weighted by Crippen LogP contribution is 2.31. The molecule has 2 rings (SSSR count). The summed E-state index contributed by atoms with van der Waals surface area (Å²) < 4.78 is 9.92. The van der Waals surface area contributed by atoms with Gasteiger partial charge in [-0.2, -0.15) is 0 Å². The average molecular weight is 377 g/mol. The number of hydrogen-bond acceptors (Lipinski definition) is 7. The van der Waals surface area contributed by atoms with E-state index in [9.17, 15) is 24.5 Å². The van der Waals surface area contributed by atoms with E-state index < -0.39 is 22.4 Å². The molecule has 2 N–H and O–H groups in total. The van der Waals surface area contributed by atoms with Crippen molar-refractivity contribution in [2.45, 2.75) is 25.8 Å². The number of aromatic nitrogens is 1. The first kappa shape index (κ1) is 19.9. The van der Waals surface area contributed by atoms with Crippen molar-refractivity contribution in [1.29, 1.82) is 0 Å². The van der Waals surface area contributed by atoms with E-state index in [-0.39, 0.29) is 42.7 Å². The minimum Gasteiger partial charge on any atom is -0.464 e. The first-order valence-corrected chi connectivity index (χ1v) is 8.20. The van der Waals surface area contributed by atoms with Crippen molar-refractivity contribution in [3.05, 3.63) is 40.1 Å². The summed E-state index contributed by atoms with van der Waals surface area (Å²) in [6, 6.07) is 4.44. The molecule has 0 aliphatic heterocycles. The zero-order valence-electron chi connectivity index (χ0n) is 14.8. The van der Waals surface area contributed by atoms with Crippen LogP contribution in [-0.2, 0) is 30.3 Å². The fraction of sp³-hybridized carbons (Fsp3) is 0.353. The molecule has 1 aromatic carbocycles. The molecule has 0 bridgehead atoms. The maximum absolute atomic E-state index is 12.6. The highest BCUT2D eigenvalue weighted by atomic mass is 16.6. The smallest absolute Gasteiger partial charge is 0.344 e. The van der Waals surface area contributed by atoms with Gasteiger partial charge < -0.3 is 19.8 Å². The molecule has 2 aromatic rings. The van der Waals surface area contributed by atoms with E-state index in [4.69, 9.17) is 9.47 Å². The molecule has 144 valence electrons. The fourth-order valence-electron chi connectivity index (χ4n) is 2.82. The first-order valence-electron chi connectivity index (χ1n) is 8.20. The molecular formula is C17H19N3O7. The van der Waals surface area contributed by atoms with Crippen LogP contribution in [0.3, 0.4) is 0 Å². The number of amides is 1. The topological polar surface area (TPSA) is 141 Å². The lowest BCUT2D eigenvalue weighted by atomic mass is 9.90. The number of nitrogens with zero attached hydrogens (tertiary/aromatic N) is 1. The third kappa shape index (κ3) is 3.73. The van der Waals surface area contributed by atoms with Crippen molar-refractivity contribution in [1.82, 2.24) is 10.3 Å². The number of fused-ring (bicyclic) bond motifs is 1. The summed E-state index contributed by atoms with van der Waals surface area (Å²) in [4.78, 5) is 50.0. The summed E-state index contributed by atoms with van der Waals surface area (Å²) in [7, 11) is 0. The van der Waals surface area contributed by atoms with E-state index in [1.807, 2.05) is 0 Å². The number of rotatable bonds is 9. The van der Waals surface area contributed by atoms with Gasteiger partial charge in [0.25, 0.3) is 5.69 Å². The van der Waals surface area contributed by atoms with Gasteiger partial charge in [0.05, 0.1) is 29.0 Å². The van der Waals surface area contributed by atoms with Crippen LogP contribution in [0.15, 0.2) is 24.4 Å². The van der Waals surface area contributed by atoms with Gasteiger partial charge in [0.2, 0.25) is 11.9 Å². The molecule has 0 radical (unpaired) electrons. The van der Waals surface area contributed by atoms with Gasteiger partial charge in [-0.05, 0) is 25.5 Å². The molecule has 27 heavy (non-hydrogen) atoms. The Morgan fingerprint density at radius 3 is 2.41 bits per heavy atom. The number of nitrogens with one attached hydrogen (secondary N) is 2. The number of non-ortho nitro benzene ring substituents is 1. The number of aromatic amines is 1. The molecular weight excluding hydrogens is 358 g/mol. The quantitative estimate of drug-likeness (QED) is 0.220. The number of carbonyl (C=O) groups is 3. The third-order valence-corrected chi connectivity index (χ3v) is 3.97. The number of H-pyrrole nitrogens is 1. The van der Waals surface area contributed by atoms with Gasteiger partial charge in [0, 0.05) is 18.7 Å². The number of nitro groups is 1. The summed E-state index contributed by atoms with van der Waals surface area (Å²) in [5, 5.41) is 13.8. The summed E-state index contributed by atoms with van der Waals surface area (Å²) in [6.07, 6.45) is 1.25. The standard InChI is InChI=1S/C17H19N3O7/c1-3-26-15(22)17(19-10-21,16(23)27-4-2)8-11-9-18-12-6-5-7-13(14(11)12)20(24)25/h5-7,9-10,18H,3-4,8H2,1-2H3,(H,19,21). The lowest BCUT2D eigenvalue weighted by Gasteiger charge is -2.28. The van der Waals surface area contributed by atoms with E-state index in [0.717, 1.165) is 0 Å². The monoisotopic (exact) mass is 377 g/mol. The summed E-state index contributed by atoms with van der Waals surface area (Å²) in [6.45, 7) is 3.03. The van der Waals surface area contributed by atoms with Gasteiger partial charge in [-0.25, -0.2) is 9.59 Å². The predicted molar refractivity (Wildman–Crippen MR) is 93.9 cm³/mol. The Kier molecular flexibility index (Phi) is 6.11. The number of ether oxygens (including phenoxy) is 2. The van der Waals surface area contributed by atoms with Gasteiger partial charge in [-0.1, -0.05) is 6.07 Å². The van der Waals surface area contributed by atoms with Crippen LogP contribution in [0.25, 0.3) is 10.9 Å². The molecule has 0 unspecified atom stereocenters. The van der Waals surface area contributed by atoms with Crippen molar-refractivity contribution in [3.8, 4) is 0 Å². The zero-order chi connectivity index (χ0) is 20.0. The van der Waals surface area contributed by atoms with Crippen LogP contribution in [0.2, 0.25) is 0 Å². The van der Waals surface area contributed by atoms with E-state index in [2.05, 4.69) is 10.3 Å². The van der Waals surface area contributed by atoms with Crippen LogP contribution in [0, 0.1) is 10.1 Å². The molecule has 0 saturated heterocycles. The second kappa shape index (κ2) is 8.30. The molecule has 1 aromatic heterocycles. The maximum Gasteiger partial charge on any atom is 0.344 e.